The van der Waals surface area contributed by atoms with Crippen LogP contribution in [0, 0.1) is 0 Å². The Labute approximate surface area is 252 Å². The predicted octanol–water partition coefficient (Wildman–Crippen LogP) is 3.74. The van der Waals surface area contributed by atoms with E-state index in [0.29, 0.717) is 38.3 Å². The maximum Gasteiger partial charge on any atom is 0.243 e. The summed E-state index contributed by atoms with van der Waals surface area (Å²) in [5.74, 6) is 1.80. The zero-order valence-electron chi connectivity index (χ0n) is 24.3. The summed E-state index contributed by atoms with van der Waals surface area (Å²) < 4.78 is 39.1. The third-order valence-corrected chi connectivity index (χ3v) is 9.33. The van der Waals surface area contributed by atoms with Crippen LogP contribution in [0.5, 0.6) is 11.5 Å². The van der Waals surface area contributed by atoms with Crippen LogP contribution in [-0.2, 0) is 21.2 Å². The first kappa shape index (κ1) is 30.0. The summed E-state index contributed by atoms with van der Waals surface area (Å²) in [5, 5.41) is 8.82. The van der Waals surface area contributed by atoms with Crippen LogP contribution in [0.3, 0.4) is 0 Å². The van der Waals surface area contributed by atoms with Gasteiger partial charge in [-0.3, -0.25) is 4.79 Å². The Bertz CT molecular complexity index is 1610. The van der Waals surface area contributed by atoms with E-state index < -0.39 is 10.0 Å². The zero-order valence-corrected chi connectivity index (χ0v) is 25.1. The number of ether oxygens (including phenoxy) is 2. The molecule has 3 aromatic carbocycles. The van der Waals surface area contributed by atoms with E-state index in [1.807, 2.05) is 66.7 Å². The van der Waals surface area contributed by atoms with E-state index >= 15 is 0 Å². The van der Waals surface area contributed by atoms with Crippen molar-refractivity contribution in [2.45, 2.75) is 11.3 Å². The highest BCUT2D eigenvalue weighted by Gasteiger charge is 2.30. The van der Waals surface area contributed by atoms with Crippen LogP contribution in [-0.4, -0.2) is 87.2 Å². The fourth-order valence-electron chi connectivity index (χ4n) is 4.95. The van der Waals surface area contributed by atoms with Gasteiger partial charge in [-0.05, 0) is 60.5 Å². The molecule has 1 aliphatic rings. The van der Waals surface area contributed by atoms with E-state index in [1.54, 1.807) is 24.1 Å². The highest BCUT2D eigenvalue weighted by Crippen LogP contribution is 2.24. The molecule has 1 aliphatic heterocycles. The number of benzene rings is 3. The van der Waals surface area contributed by atoms with Crippen LogP contribution in [0.2, 0.25) is 0 Å². The summed E-state index contributed by atoms with van der Waals surface area (Å²) in [6.45, 7) is 1.97. The summed E-state index contributed by atoms with van der Waals surface area (Å²) in [5.41, 5.74) is 2.65. The third kappa shape index (κ3) is 7.30. The number of anilines is 1. The van der Waals surface area contributed by atoms with Gasteiger partial charge in [-0.2, -0.15) is 4.31 Å². The van der Waals surface area contributed by atoms with Gasteiger partial charge in [0.25, 0.3) is 0 Å². The van der Waals surface area contributed by atoms with Gasteiger partial charge in [0.15, 0.2) is 5.82 Å². The van der Waals surface area contributed by atoms with E-state index in [-0.39, 0.29) is 23.9 Å². The first-order valence-corrected chi connectivity index (χ1v) is 15.5. The Morgan fingerprint density at radius 3 is 2.19 bits per heavy atom. The molecule has 224 valence electrons. The number of rotatable bonds is 11. The normalized spacial score (nSPS) is 13.7. The molecule has 0 N–H and O–H groups in total. The largest absolute Gasteiger partial charge is 0.497 e. The van der Waals surface area contributed by atoms with E-state index in [2.05, 4.69) is 15.1 Å². The van der Waals surface area contributed by atoms with E-state index in [9.17, 15) is 13.2 Å². The van der Waals surface area contributed by atoms with Crippen LogP contribution in [0.1, 0.15) is 5.56 Å². The lowest BCUT2D eigenvalue weighted by molar-refractivity contribution is -0.131. The monoisotopic (exact) mass is 601 g/mol. The molecule has 4 aromatic rings. The number of methoxy groups -OCH3 is 2. The van der Waals surface area contributed by atoms with Crippen molar-refractivity contribution in [3.05, 3.63) is 96.6 Å². The van der Waals surface area contributed by atoms with Crippen molar-refractivity contribution in [3.63, 3.8) is 0 Å². The maximum atomic E-state index is 13.7. The van der Waals surface area contributed by atoms with Gasteiger partial charge >= 0.3 is 0 Å². The van der Waals surface area contributed by atoms with Crippen molar-refractivity contribution in [3.8, 4) is 22.8 Å². The Kier molecular flexibility index (Phi) is 9.53. The average Bonchev–Trinajstić information content (AvgIpc) is 3.07. The van der Waals surface area contributed by atoms with Gasteiger partial charge in [0.05, 0.1) is 31.4 Å². The van der Waals surface area contributed by atoms with Crippen molar-refractivity contribution in [1.29, 1.82) is 0 Å². The van der Waals surface area contributed by atoms with Crippen molar-refractivity contribution in [1.82, 2.24) is 19.4 Å². The molecule has 1 amide bonds. The minimum atomic E-state index is -3.92. The summed E-state index contributed by atoms with van der Waals surface area (Å²) in [7, 11) is -0.770. The molecule has 10 nitrogen and oxygen atoms in total. The lowest BCUT2D eigenvalue weighted by atomic mass is 10.1. The number of amides is 1. The van der Waals surface area contributed by atoms with Gasteiger partial charge in [-0.25, -0.2) is 8.42 Å². The smallest absolute Gasteiger partial charge is 0.243 e. The molecule has 0 spiro atoms. The van der Waals surface area contributed by atoms with E-state index in [1.165, 1.54) is 23.5 Å². The quantitative estimate of drug-likeness (QED) is 0.256. The summed E-state index contributed by atoms with van der Waals surface area (Å²) in [6.07, 6.45) is 0.488. The Hall–Kier alpha value is -4.48. The predicted molar refractivity (Wildman–Crippen MR) is 165 cm³/mol. The van der Waals surface area contributed by atoms with Crippen molar-refractivity contribution >= 4 is 21.7 Å². The second kappa shape index (κ2) is 13.7. The topological polar surface area (TPSA) is 105 Å². The molecule has 5 rings (SSSR count). The van der Waals surface area contributed by atoms with Crippen LogP contribution in [0.25, 0.3) is 11.3 Å². The minimum Gasteiger partial charge on any atom is -0.497 e. The third-order valence-electron chi connectivity index (χ3n) is 7.47. The van der Waals surface area contributed by atoms with Crippen LogP contribution < -0.4 is 14.4 Å². The highest BCUT2D eigenvalue weighted by atomic mass is 32.2. The number of hydrogen-bond donors (Lipinski definition) is 0. The number of carbonyl (C=O) groups is 1. The Balaban J connectivity index is 1.23. The van der Waals surface area contributed by atoms with E-state index in [4.69, 9.17) is 9.47 Å². The molecule has 1 fully saturated rings. The molecule has 0 unspecified atom stereocenters. The minimum absolute atomic E-state index is 0.120. The number of hydrogen-bond acceptors (Lipinski definition) is 8. The second-order valence-corrected chi connectivity index (χ2v) is 12.1. The summed E-state index contributed by atoms with van der Waals surface area (Å²) >= 11 is 0. The number of aromatic nitrogens is 2. The molecule has 43 heavy (non-hydrogen) atoms. The molecule has 0 saturated carbocycles. The lowest BCUT2D eigenvalue weighted by Gasteiger charge is -2.36. The second-order valence-electron chi connectivity index (χ2n) is 10.1. The van der Waals surface area contributed by atoms with Gasteiger partial charge in [0.2, 0.25) is 15.9 Å². The molecule has 0 radical (unpaired) electrons. The molecule has 1 aromatic heterocycles. The summed E-state index contributed by atoms with van der Waals surface area (Å²) in [6, 6.07) is 27.4. The highest BCUT2D eigenvalue weighted by molar-refractivity contribution is 7.89. The molecule has 0 aliphatic carbocycles. The fourth-order valence-corrected chi connectivity index (χ4v) is 6.34. The summed E-state index contributed by atoms with van der Waals surface area (Å²) in [4.78, 5) is 17.4. The number of carbonyl (C=O) groups excluding carboxylic acids is 1. The first-order chi connectivity index (χ1) is 20.9. The van der Waals surface area contributed by atoms with Crippen molar-refractivity contribution in [2.24, 2.45) is 0 Å². The molecule has 2 heterocycles. The average molecular weight is 602 g/mol. The zero-order chi connectivity index (χ0) is 30.2. The van der Waals surface area contributed by atoms with Gasteiger partial charge in [0.1, 0.15) is 11.5 Å². The van der Waals surface area contributed by atoms with Gasteiger partial charge in [-0.15, -0.1) is 10.2 Å². The van der Waals surface area contributed by atoms with Crippen molar-refractivity contribution in [2.75, 3.05) is 58.4 Å². The first-order valence-electron chi connectivity index (χ1n) is 14.1. The lowest BCUT2D eigenvalue weighted by Crippen LogP contribution is -2.52. The Morgan fingerprint density at radius 2 is 1.53 bits per heavy atom. The molecular formula is C32H35N5O5S. The van der Waals surface area contributed by atoms with Gasteiger partial charge < -0.3 is 19.3 Å². The maximum absolute atomic E-state index is 13.7. The van der Waals surface area contributed by atoms with Gasteiger partial charge in [-0.1, -0.05) is 42.5 Å². The van der Waals surface area contributed by atoms with Crippen LogP contribution in [0.15, 0.2) is 95.9 Å². The fraction of sp³-hybridized carbons (Fsp3) is 0.281. The molecule has 0 bridgehead atoms. The molecule has 11 heteroatoms. The van der Waals surface area contributed by atoms with Crippen molar-refractivity contribution < 1.29 is 22.7 Å². The SMILES string of the molecule is COc1ccc(S(=O)(=O)N(CCc2ccccc2)CC(=O)N2CCN(c3ccc(-c4cccc(OC)c4)nn3)CC2)cc1. The number of piperazine rings is 1. The standard InChI is InChI=1S/C32H35N5O5S/c1-41-27-11-13-29(14-12-27)43(39,40)37(18-17-25-7-4-3-5-8-25)24-32(38)36-21-19-35(20-22-36)31-16-15-30(33-34-31)26-9-6-10-28(23-26)42-2/h3-16,23H,17-22,24H2,1-2H3. The van der Waals surface area contributed by atoms with Gasteiger partial charge in [0, 0.05) is 38.3 Å². The number of sulfonamides is 1. The van der Waals surface area contributed by atoms with Crippen LogP contribution in [0.4, 0.5) is 5.82 Å². The van der Waals surface area contributed by atoms with Crippen LogP contribution >= 0.6 is 0 Å². The van der Waals surface area contributed by atoms with E-state index in [0.717, 1.165) is 28.4 Å². The number of nitrogens with zero attached hydrogens (tertiary/aromatic N) is 5. The molecule has 0 atom stereocenters. The Morgan fingerprint density at radius 1 is 0.814 bits per heavy atom. The molecular weight excluding hydrogens is 566 g/mol. The molecule has 1 saturated heterocycles.